The van der Waals surface area contributed by atoms with E-state index in [2.05, 4.69) is 32.2 Å². The van der Waals surface area contributed by atoms with Gasteiger partial charge in [-0.15, -0.1) is 11.3 Å². The summed E-state index contributed by atoms with van der Waals surface area (Å²) in [5.41, 5.74) is 0. The summed E-state index contributed by atoms with van der Waals surface area (Å²) in [5.74, 6) is 0.743. The molecule has 0 aliphatic heterocycles. The van der Waals surface area contributed by atoms with Crippen LogP contribution in [0.25, 0.3) is 0 Å². The van der Waals surface area contributed by atoms with E-state index in [0.717, 1.165) is 16.8 Å². The van der Waals surface area contributed by atoms with E-state index in [1.807, 2.05) is 6.07 Å². The van der Waals surface area contributed by atoms with Gasteiger partial charge in [-0.1, -0.05) is 31.9 Å². The van der Waals surface area contributed by atoms with Gasteiger partial charge in [0.1, 0.15) is 0 Å². The van der Waals surface area contributed by atoms with Crippen molar-refractivity contribution in [2.24, 2.45) is 5.92 Å². The molecule has 0 saturated carbocycles. The van der Waals surface area contributed by atoms with Crippen molar-refractivity contribution in [2.45, 2.75) is 33.2 Å². The molecule has 0 fully saturated rings. The predicted octanol–water partition coefficient (Wildman–Crippen LogP) is 4.10. The second-order valence-corrected chi connectivity index (χ2v) is 5.53. The van der Waals surface area contributed by atoms with Crippen LogP contribution in [0.2, 0.25) is 4.34 Å². The molecule has 80 valence electrons. The van der Waals surface area contributed by atoms with Gasteiger partial charge in [0.05, 0.1) is 4.34 Å². The molecule has 0 bridgehead atoms. The number of rotatable bonds is 5. The smallest absolute Gasteiger partial charge is 0.0931 e. The predicted molar refractivity (Wildman–Crippen MR) is 65.2 cm³/mol. The second kappa shape index (κ2) is 5.74. The number of hydrogen-bond acceptors (Lipinski definition) is 2. The molecule has 1 aromatic heterocycles. The van der Waals surface area contributed by atoms with Crippen molar-refractivity contribution in [1.29, 1.82) is 0 Å². The molecule has 0 aliphatic carbocycles. The van der Waals surface area contributed by atoms with Gasteiger partial charge in [0, 0.05) is 10.9 Å². The van der Waals surface area contributed by atoms with Crippen molar-refractivity contribution < 1.29 is 0 Å². The fourth-order valence-corrected chi connectivity index (χ4v) is 2.27. The zero-order valence-electron chi connectivity index (χ0n) is 9.01. The molecule has 2 unspecified atom stereocenters. The maximum absolute atomic E-state index is 5.89. The quantitative estimate of drug-likeness (QED) is 0.805. The van der Waals surface area contributed by atoms with E-state index in [0.29, 0.717) is 6.04 Å². The van der Waals surface area contributed by atoms with Crippen LogP contribution in [0.3, 0.4) is 0 Å². The Kier molecular flexibility index (Phi) is 4.93. The maximum atomic E-state index is 5.89. The van der Waals surface area contributed by atoms with Crippen LogP contribution in [-0.4, -0.2) is 6.54 Å². The van der Waals surface area contributed by atoms with Gasteiger partial charge in [0.2, 0.25) is 0 Å². The van der Waals surface area contributed by atoms with Gasteiger partial charge in [-0.25, -0.2) is 0 Å². The van der Waals surface area contributed by atoms with Crippen molar-refractivity contribution in [3.8, 4) is 0 Å². The summed E-state index contributed by atoms with van der Waals surface area (Å²) in [6.07, 6.45) is 1.23. The highest BCUT2D eigenvalue weighted by Gasteiger charge is 2.08. The standard InChI is InChI=1S/C11H18ClNS/c1-4-8(2)7-13-9(3)10-5-6-11(12)14-10/h5-6,8-9,13H,4,7H2,1-3H3. The molecule has 0 amide bonds. The third kappa shape index (κ3) is 3.60. The van der Waals surface area contributed by atoms with Gasteiger partial charge in [0.15, 0.2) is 0 Å². The van der Waals surface area contributed by atoms with E-state index in [9.17, 15) is 0 Å². The first kappa shape index (κ1) is 12.0. The Hall–Kier alpha value is -0.0500. The van der Waals surface area contributed by atoms with E-state index in [1.165, 1.54) is 11.3 Å². The second-order valence-electron chi connectivity index (χ2n) is 3.79. The van der Waals surface area contributed by atoms with Crippen LogP contribution in [0.1, 0.15) is 38.1 Å². The molecule has 3 heteroatoms. The Labute approximate surface area is 95.5 Å². The lowest BCUT2D eigenvalue weighted by atomic mass is 10.1. The topological polar surface area (TPSA) is 12.0 Å². The molecule has 0 saturated heterocycles. The molecular weight excluding hydrogens is 214 g/mol. The van der Waals surface area contributed by atoms with Gasteiger partial charge >= 0.3 is 0 Å². The van der Waals surface area contributed by atoms with Crippen molar-refractivity contribution in [1.82, 2.24) is 5.32 Å². The Morgan fingerprint density at radius 3 is 2.64 bits per heavy atom. The molecule has 1 heterocycles. The zero-order valence-corrected chi connectivity index (χ0v) is 10.6. The average Bonchev–Trinajstić information content (AvgIpc) is 2.60. The van der Waals surface area contributed by atoms with Crippen LogP contribution in [0.4, 0.5) is 0 Å². The van der Waals surface area contributed by atoms with E-state index in [4.69, 9.17) is 11.6 Å². The minimum atomic E-state index is 0.418. The molecular formula is C11H18ClNS. The molecule has 0 spiro atoms. The van der Waals surface area contributed by atoms with E-state index in [-0.39, 0.29) is 0 Å². The lowest BCUT2D eigenvalue weighted by Crippen LogP contribution is -2.23. The molecule has 0 aromatic carbocycles. The van der Waals surface area contributed by atoms with Gasteiger partial charge in [-0.2, -0.15) is 0 Å². The third-order valence-corrected chi connectivity index (χ3v) is 3.90. The molecule has 0 aliphatic rings. The number of nitrogens with one attached hydrogen (secondary N) is 1. The molecule has 1 nitrogen and oxygen atoms in total. The van der Waals surface area contributed by atoms with Crippen LogP contribution in [0.15, 0.2) is 12.1 Å². The zero-order chi connectivity index (χ0) is 10.6. The third-order valence-electron chi connectivity index (χ3n) is 2.49. The summed E-state index contributed by atoms with van der Waals surface area (Å²) in [7, 11) is 0. The largest absolute Gasteiger partial charge is 0.309 e. The summed E-state index contributed by atoms with van der Waals surface area (Å²) >= 11 is 7.54. The first-order valence-corrected chi connectivity index (χ1v) is 6.31. The fourth-order valence-electron chi connectivity index (χ4n) is 1.18. The molecule has 2 atom stereocenters. The van der Waals surface area contributed by atoms with E-state index in [1.54, 1.807) is 11.3 Å². The van der Waals surface area contributed by atoms with Crippen LogP contribution in [-0.2, 0) is 0 Å². The van der Waals surface area contributed by atoms with Gasteiger partial charge in [-0.05, 0) is 31.5 Å². The van der Waals surface area contributed by atoms with Gasteiger partial charge in [-0.3, -0.25) is 0 Å². The van der Waals surface area contributed by atoms with Crippen molar-refractivity contribution in [3.05, 3.63) is 21.3 Å². The summed E-state index contributed by atoms with van der Waals surface area (Å²) in [5, 5.41) is 3.51. The summed E-state index contributed by atoms with van der Waals surface area (Å²) in [4.78, 5) is 1.32. The Morgan fingerprint density at radius 1 is 1.43 bits per heavy atom. The normalized spacial score (nSPS) is 15.4. The minimum absolute atomic E-state index is 0.418. The lowest BCUT2D eigenvalue weighted by molar-refractivity contribution is 0.464. The number of halogens is 1. The molecule has 0 radical (unpaired) electrons. The Balaban J connectivity index is 2.39. The van der Waals surface area contributed by atoms with Crippen LogP contribution in [0, 0.1) is 5.92 Å². The SMILES string of the molecule is CCC(C)CNC(C)c1ccc(Cl)s1. The highest BCUT2D eigenvalue weighted by molar-refractivity contribution is 7.16. The average molecular weight is 232 g/mol. The van der Waals surface area contributed by atoms with E-state index >= 15 is 0 Å². The summed E-state index contributed by atoms with van der Waals surface area (Å²) < 4.78 is 0.872. The molecule has 14 heavy (non-hydrogen) atoms. The first-order valence-electron chi connectivity index (χ1n) is 5.12. The maximum Gasteiger partial charge on any atom is 0.0931 e. The van der Waals surface area contributed by atoms with Crippen molar-refractivity contribution in [3.63, 3.8) is 0 Å². The molecule has 1 rings (SSSR count). The number of thiophene rings is 1. The van der Waals surface area contributed by atoms with Crippen molar-refractivity contribution in [2.75, 3.05) is 6.54 Å². The first-order chi connectivity index (χ1) is 6.63. The monoisotopic (exact) mass is 231 g/mol. The molecule has 1 N–H and O–H groups in total. The number of hydrogen-bond donors (Lipinski definition) is 1. The van der Waals surface area contributed by atoms with Crippen LogP contribution < -0.4 is 5.32 Å². The van der Waals surface area contributed by atoms with Crippen LogP contribution in [0.5, 0.6) is 0 Å². The Bertz CT molecular complexity index is 272. The highest BCUT2D eigenvalue weighted by atomic mass is 35.5. The van der Waals surface area contributed by atoms with Gasteiger partial charge < -0.3 is 5.32 Å². The fraction of sp³-hybridized carbons (Fsp3) is 0.636. The summed E-state index contributed by atoms with van der Waals surface area (Å²) in [6.45, 7) is 7.75. The minimum Gasteiger partial charge on any atom is -0.309 e. The van der Waals surface area contributed by atoms with Crippen LogP contribution >= 0.6 is 22.9 Å². The summed E-state index contributed by atoms with van der Waals surface area (Å²) in [6, 6.07) is 4.48. The highest BCUT2D eigenvalue weighted by Crippen LogP contribution is 2.26. The van der Waals surface area contributed by atoms with Gasteiger partial charge in [0.25, 0.3) is 0 Å². The lowest BCUT2D eigenvalue weighted by Gasteiger charge is -2.15. The Morgan fingerprint density at radius 2 is 2.14 bits per heavy atom. The van der Waals surface area contributed by atoms with E-state index < -0.39 is 0 Å². The van der Waals surface area contributed by atoms with Crippen molar-refractivity contribution >= 4 is 22.9 Å². The molecule has 1 aromatic rings.